The highest BCUT2D eigenvalue weighted by atomic mass is 16.5. The molecule has 1 fully saturated rings. The minimum absolute atomic E-state index is 0.00177. The van der Waals surface area contributed by atoms with Gasteiger partial charge in [0.05, 0.1) is 24.6 Å². The third kappa shape index (κ3) is 6.10. The van der Waals surface area contributed by atoms with E-state index in [1.54, 1.807) is 6.07 Å². The number of fused-ring (bicyclic) bond motifs is 1. The number of pyridine rings is 1. The van der Waals surface area contributed by atoms with Crippen molar-refractivity contribution >= 4 is 11.5 Å². The predicted molar refractivity (Wildman–Crippen MR) is 164 cm³/mol. The van der Waals surface area contributed by atoms with E-state index in [0.29, 0.717) is 25.1 Å². The summed E-state index contributed by atoms with van der Waals surface area (Å²) in [5.41, 5.74) is 8.32. The first kappa shape index (κ1) is 29.1. The summed E-state index contributed by atoms with van der Waals surface area (Å²) in [5.74, 6) is 0.410. The lowest BCUT2D eigenvalue weighted by Gasteiger charge is -2.32. The van der Waals surface area contributed by atoms with Crippen LogP contribution in [0.5, 0.6) is 5.88 Å². The Balaban J connectivity index is 1.21. The van der Waals surface area contributed by atoms with Gasteiger partial charge in [-0.15, -0.1) is 0 Å². The number of ether oxygens (including phenoxy) is 3. The zero-order valence-corrected chi connectivity index (χ0v) is 25.3. The summed E-state index contributed by atoms with van der Waals surface area (Å²) in [5, 5.41) is 13.9. The number of aromatic carboxylic acids is 1. The first-order valence-electron chi connectivity index (χ1n) is 15.3. The fourth-order valence-corrected chi connectivity index (χ4v) is 6.21. The standard InChI is InChI=1S/C34H40N4O5/c1-4-41-33-29(34(39)40)19-35-38(33)31-10-6-9-30(36-31)28-8-5-7-22(2)32(28)43-21-25-12-11-24-13-16-37(20-26-15-18-42-26)17-14-27(24)23(25)3/h6,8-12,19,26H,4-5,7,13-18,20-21H2,1-3H3,(H,39,40)/t26-/m1/s1. The average molecular weight is 585 g/mol. The van der Waals surface area contributed by atoms with Gasteiger partial charge in [-0.05, 0) is 92.8 Å². The maximum atomic E-state index is 11.7. The molecule has 0 saturated carbocycles. The molecule has 2 aromatic heterocycles. The van der Waals surface area contributed by atoms with E-state index in [1.807, 2.05) is 19.1 Å². The number of hydrogen-bond donors (Lipinski definition) is 1. The Morgan fingerprint density at radius 1 is 1.12 bits per heavy atom. The molecule has 0 radical (unpaired) electrons. The van der Waals surface area contributed by atoms with Crippen LogP contribution in [0.25, 0.3) is 11.4 Å². The van der Waals surface area contributed by atoms with Crippen LogP contribution in [0.4, 0.5) is 0 Å². The molecule has 0 bridgehead atoms. The summed E-state index contributed by atoms with van der Waals surface area (Å²) >= 11 is 0. The topological polar surface area (TPSA) is 98.9 Å². The predicted octanol–water partition coefficient (Wildman–Crippen LogP) is 5.53. The van der Waals surface area contributed by atoms with Gasteiger partial charge in [-0.3, -0.25) is 0 Å². The molecule has 0 amide bonds. The Hall–Kier alpha value is -3.95. The molecule has 226 valence electrons. The second-order valence-electron chi connectivity index (χ2n) is 11.5. The molecule has 1 aromatic carbocycles. The van der Waals surface area contributed by atoms with Crippen molar-refractivity contribution < 1.29 is 24.1 Å². The van der Waals surface area contributed by atoms with E-state index in [-0.39, 0.29) is 11.4 Å². The molecule has 6 rings (SSSR count). The molecule has 1 N–H and O–H groups in total. The number of hydrogen-bond acceptors (Lipinski definition) is 7. The van der Waals surface area contributed by atoms with Crippen LogP contribution in [0, 0.1) is 6.92 Å². The average Bonchev–Trinajstić information content (AvgIpc) is 3.29. The normalized spacial score (nSPS) is 18.9. The largest absolute Gasteiger partial charge is 0.488 e. The third-order valence-electron chi connectivity index (χ3n) is 8.77. The summed E-state index contributed by atoms with van der Waals surface area (Å²) in [6.45, 7) is 11.0. The molecule has 1 aliphatic carbocycles. The highest BCUT2D eigenvalue weighted by Crippen LogP contribution is 2.34. The second kappa shape index (κ2) is 12.7. The van der Waals surface area contributed by atoms with Gasteiger partial charge >= 0.3 is 5.97 Å². The van der Waals surface area contributed by atoms with E-state index in [9.17, 15) is 9.90 Å². The van der Waals surface area contributed by atoms with E-state index in [1.165, 1.54) is 45.1 Å². The van der Waals surface area contributed by atoms with Gasteiger partial charge in [0.2, 0.25) is 5.88 Å². The third-order valence-corrected chi connectivity index (χ3v) is 8.77. The summed E-state index contributed by atoms with van der Waals surface area (Å²) < 4.78 is 19.4. The molecule has 9 nitrogen and oxygen atoms in total. The molecule has 3 aromatic rings. The molecule has 43 heavy (non-hydrogen) atoms. The van der Waals surface area contributed by atoms with Crippen LogP contribution in [0.15, 0.2) is 53.9 Å². The number of carboxylic acids is 1. The highest BCUT2D eigenvalue weighted by Gasteiger charge is 2.25. The molecular weight excluding hydrogens is 544 g/mol. The van der Waals surface area contributed by atoms with Crippen LogP contribution < -0.4 is 4.74 Å². The number of nitrogens with zero attached hydrogens (tertiary/aromatic N) is 4. The van der Waals surface area contributed by atoms with Gasteiger partial charge in [-0.1, -0.05) is 24.3 Å². The quantitative estimate of drug-likeness (QED) is 0.332. The first-order chi connectivity index (χ1) is 20.9. The Bertz CT molecular complexity index is 1570. The maximum Gasteiger partial charge on any atom is 0.342 e. The molecule has 3 aliphatic rings. The number of allylic oxidation sites excluding steroid dienone is 3. The Labute approximate surface area is 252 Å². The smallest absolute Gasteiger partial charge is 0.342 e. The van der Waals surface area contributed by atoms with Gasteiger partial charge in [0, 0.05) is 31.8 Å². The number of aromatic nitrogens is 3. The van der Waals surface area contributed by atoms with E-state index < -0.39 is 5.97 Å². The van der Waals surface area contributed by atoms with Crippen LogP contribution in [0.3, 0.4) is 0 Å². The Morgan fingerprint density at radius 3 is 2.72 bits per heavy atom. The lowest BCUT2D eigenvalue weighted by Crippen LogP contribution is -2.41. The van der Waals surface area contributed by atoms with E-state index in [0.717, 1.165) is 69.0 Å². The van der Waals surface area contributed by atoms with E-state index >= 15 is 0 Å². The van der Waals surface area contributed by atoms with Gasteiger partial charge in [0.15, 0.2) is 5.82 Å². The minimum atomic E-state index is -1.09. The van der Waals surface area contributed by atoms with Crippen molar-refractivity contribution in [2.24, 2.45) is 0 Å². The molecule has 2 aliphatic heterocycles. The molecule has 1 atom stereocenters. The number of benzene rings is 1. The summed E-state index contributed by atoms with van der Waals surface area (Å²) in [6, 6.07) is 10.2. The zero-order chi connectivity index (χ0) is 29.9. The van der Waals surface area contributed by atoms with Crippen LogP contribution in [-0.4, -0.2) is 69.7 Å². The second-order valence-corrected chi connectivity index (χ2v) is 11.5. The molecular formula is C34H40N4O5. The van der Waals surface area contributed by atoms with Crippen molar-refractivity contribution in [3.63, 3.8) is 0 Å². The van der Waals surface area contributed by atoms with Gasteiger partial charge in [-0.25, -0.2) is 9.78 Å². The lowest BCUT2D eigenvalue weighted by atomic mass is 9.93. The number of rotatable bonds is 10. The van der Waals surface area contributed by atoms with Crippen LogP contribution in [0.1, 0.15) is 71.4 Å². The van der Waals surface area contributed by atoms with Crippen molar-refractivity contribution in [3.05, 3.63) is 87.4 Å². The van der Waals surface area contributed by atoms with Gasteiger partial charge in [-0.2, -0.15) is 9.78 Å². The number of carboxylic acid groups (broad SMARTS) is 1. The summed E-state index contributed by atoms with van der Waals surface area (Å²) in [7, 11) is 0. The van der Waals surface area contributed by atoms with Gasteiger partial charge in [0.25, 0.3) is 0 Å². The minimum Gasteiger partial charge on any atom is -0.488 e. The van der Waals surface area contributed by atoms with Crippen molar-refractivity contribution in [3.8, 4) is 11.7 Å². The highest BCUT2D eigenvalue weighted by molar-refractivity contribution is 5.90. The van der Waals surface area contributed by atoms with Crippen molar-refractivity contribution in [1.82, 2.24) is 19.7 Å². The fraction of sp³-hybridized carbons (Fsp3) is 0.441. The van der Waals surface area contributed by atoms with Crippen molar-refractivity contribution in [2.75, 3.05) is 32.8 Å². The van der Waals surface area contributed by atoms with Crippen molar-refractivity contribution in [2.45, 2.75) is 65.6 Å². The summed E-state index contributed by atoms with van der Waals surface area (Å²) in [6.07, 6.45) is 9.00. The fourth-order valence-electron chi connectivity index (χ4n) is 6.21. The van der Waals surface area contributed by atoms with Gasteiger partial charge in [0.1, 0.15) is 17.9 Å². The zero-order valence-electron chi connectivity index (χ0n) is 25.3. The first-order valence-corrected chi connectivity index (χ1v) is 15.3. The Kier molecular flexibility index (Phi) is 8.63. The Morgan fingerprint density at radius 2 is 1.95 bits per heavy atom. The molecule has 1 saturated heterocycles. The lowest BCUT2D eigenvalue weighted by molar-refractivity contribution is -0.0661. The van der Waals surface area contributed by atoms with E-state index in [4.69, 9.17) is 19.2 Å². The monoisotopic (exact) mass is 584 g/mol. The molecule has 0 unspecified atom stereocenters. The van der Waals surface area contributed by atoms with Crippen molar-refractivity contribution in [1.29, 1.82) is 0 Å². The van der Waals surface area contributed by atoms with E-state index in [2.05, 4.69) is 42.1 Å². The maximum absolute atomic E-state index is 11.7. The molecule has 9 heteroatoms. The van der Waals surface area contributed by atoms with Crippen LogP contribution in [-0.2, 0) is 28.9 Å². The molecule has 0 spiro atoms. The van der Waals surface area contributed by atoms with Crippen LogP contribution >= 0.6 is 0 Å². The molecule has 4 heterocycles. The van der Waals surface area contributed by atoms with Gasteiger partial charge < -0.3 is 24.2 Å². The summed E-state index contributed by atoms with van der Waals surface area (Å²) in [4.78, 5) is 19.1. The SMILES string of the molecule is CCOc1c(C(=O)O)cnn1-c1cccc(C2=CCCC(C)=C2OCc2ccc3c(c2C)CCN(C[C@H]2CCO2)CC3)n1. The van der Waals surface area contributed by atoms with Crippen LogP contribution in [0.2, 0.25) is 0 Å². The number of carbonyl (C=O) groups is 1.